The first-order valence-electron chi connectivity index (χ1n) is 5.92. The van der Waals surface area contributed by atoms with Gasteiger partial charge in [-0.3, -0.25) is 9.78 Å². The molecule has 0 aromatic carbocycles. The van der Waals surface area contributed by atoms with Gasteiger partial charge in [-0.05, 0) is 6.07 Å². The summed E-state index contributed by atoms with van der Waals surface area (Å²) < 4.78 is 0. The zero-order valence-electron chi connectivity index (χ0n) is 10.8. The van der Waals surface area contributed by atoms with Crippen molar-refractivity contribution in [3.05, 3.63) is 40.1 Å². The Bertz CT molecular complexity index is 581. The van der Waals surface area contributed by atoms with E-state index in [1.807, 2.05) is 13.8 Å². The third-order valence-electron chi connectivity index (χ3n) is 2.58. The second-order valence-corrected chi connectivity index (χ2v) is 5.26. The molecule has 19 heavy (non-hydrogen) atoms. The normalized spacial score (nSPS) is 10.7. The number of aliphatic hydroxyl groups excluding tert-OH is 1. The highest BCUT2D eigenvalue weighted by atomic mass is 32.1. The molecule has 2 heterocycles. The predicted octanol–water partition coefficient (Wildman–Crippen LogP) is 2.41. The average molecular weight is 277 g/mol. The Morgan fingerprint density at radius 3 is 2.95 bits per heavy atom. The molecule has 0 saturated heterocycles. The molecule has 0 aliphatic carbocycles. The maximum Gasteiger partial charge on any atom is 0.275 e. The Morgan fingerprint density at radius 2 is 2.32 bits per heavy atom. The standard InChI is InChI=1S/C13H15N3O2S/c1-8(2)13-16-11(7-19-13)12(18)15-10-5-14-4-3-9(10)6-17/h3-5,7-8,17H,6H2,1-2H3,(H,15,18). The molecule has 0 atom stereocenters. The van der Waals surface area contributed by atoms with Crippen LogP contribution in [-0.4, -0.2) is 21.0 Å². The molecule has 0 bridgehead atoms. The van der Waals surface area contributed by atoms with Crippen molar-refractivity contribution in [2.75, 3.05) is 5.32 Å². The van der Waals surface area contributed by atoms with E-state index in [0.717, 1.165) is 5.01 Å². The number of nitrogens with zero attached hydrogens (tertiary/aromatic N) is 2. The first-order chi connectivity index (χ1) is 9.11. The van der Waals surface area contributed by atoms with E-state index in [4.69, 9.17) is 0 Å². The topological polar surface area (TPSA) is 75.1 Å². The fraction of sp³-hybridized carbons (Fsp3) is 0.308. The molecule has 6 heteroatoms. The Hall–Kier alpha value is -1.79. The van der Waals surface area contributed by atoms with Gasteiger partial charge in [0.05, 0.1) is 23.5 Å². The third-order valence-corrected chi connectivity index (χ3v) is 3.72. The molecule has 100 valence electrons. The highest BCUT2D eigenvalue weighted by molar-refractivity contribution is 7.09. The fourth-order valence-electron chi connectivity index (χ4n) is 1.52. The molecule has 0 saturated carbocycles. The molecular weight excluding hydrogens is 262 g/mol. The lowest BCUT2D eigenvalue weighted by Gasteiger charge is -2.07. The Labute approximate surface area is 115 Å². The zero-order chi connectivity index (χ0) is 13.8. The van der Waals surface area contributed by atoms with E-state index in [-0.39, 0.29) is 12.5 Å². The number of thiazole rings is 1. The molecule has 5 nitrogen and oxygen atoms in total. The molecule has 0 radical (unpaired) electrons. The predicted molar refractivity (Wildman–Crippen MR) is 74.3 cm³/mol. The molecule has 2 aromatic heterocycles. The van der Waals surface area contributed by atoms with Crippen molar-refractivity contribution in [3.63, 3.8) is 0 Å². The SMILES string of the molecule is CC(C)c1nc(C(=O)Nc2cnccc2CO)cs1. The van der Waals surface area contributed by atoms with Crippen LogP contribution in [0.3, 0.4) is 0 Å². The van der Waals surface area contributed by atoms with Gasteiger partial charge in [-0.1, -0.05) is 13.8 Å². The van der Waals surface area contributed by atoms with Gasteiger partial charge in [-0.2, -0.15) is 0 Å². The van der Waals surface area contributed by atoms with Crippen molar-refractivity contribution in [2.45, 2.75) is 26.4 Å². The summed E-state index contributed by atoms with van der Waals surface area (Å²) in [5, 5.41) is 14.6. The molecule has 0 aliphatic heterocycles. The van der Waals surface area contributed by atoms with Gasteiger partial charge < -0.3 is 10.4 Å². The summed E-state index contributed by atoms with van der Waals surface area (Å²) in [6.45, 7) is 3.92. The van der Waals surface area contributed by atoms with Crippen LogP contribution in [0.2, 0.25) is 0 Å². The number of nitrogens with one attached hydrogen (secondary N) is 1. The smallest absolute Gasteiger partial charge is 0.275 e. The summed E-state index contributed by atoms with van der Waals surface area (Å²) in [6.07, 6.45) is 3.08. The van der Waals surface area contributed by atoms with Crippen molar-refractivity contribution in [3.8, 4) is 0 Å². The Kier molecular flexibility index (Phi) is 4.24. The minimum absolute atomic E-state index is 0.146. The number of aromatic nitrogens is 2. The molecule has 2 N–H and O–H groups in total. The van der Waals surface area contributed by atoms with Crippen LogP contribution in [0, 0.1) is 0 Å². The number of pyridine rings is 1. The van der Waals surface area contributed by atoms with Gasteiger partial charge in [0, 0.05) is 23.1 Å². The van der Waals surface area contributed by atoms with Crippen molar-refractivity contribution < 1.29 is 9.90 Å². The first kappa shape index (κ1) is 13.6. The van der Waals surface area contributed by atoms with Gasteiger partial charge in [0.25, 0.3) is 5.91 Å². The number of hydrogen-bond acceptors (Lipinski definition) is 5. The van der Waals surface area contributed by atoms with Crippen LogP contribution in [0.15, 0.2) is 23.8 Å². The lowest BCUT2D eigenvalue weighted by molar-refractivity contribution is 0.102. The second-order valence-electron chi connectivity index (χ2n) is 4.37. The van der Waals surface area contributed by atoms with Gasteiger partial charge in [0.1, 0.15) is 5.69 Å². The molecule has 1 amide bonds. The monoisotopic (exact) mass is 277 g/mol. The molecule has 0 aliphatic rings. The van der Waals surface area contributed by atoms with Crippen molar-refractivity contribution in [1.82, 2.24) is 9.97 Å². The fourth-order valence-corrected chi connectivity index (χ4v) is 2.33. The van der Waals surface area contributed by atoms with Crippen molar-refractivity contribution in [1.29, 1.82) is 0 Å². The minimum atomic E-state index is -0.286. The molecule has 0 unspecified atom stereocenters. The summed E-state index contributed by atoms with van der Waals surface area (Å²) in [7, 11) is 0. The quantitative estimate of drug-likeness (QED) is 0.900. The summed E-state index contributed by atoms with van der Waals surface area (Å²) in [5.41, 5.74) is 1.53. The van der Waals surface area contributed by atoms with Crippen molar-refractivity contribution >= 4 is 22.9 Å². The highest BCUT2D eigenvalue weighted by Crippen LogP contribution is 2.20. The van der Waals surface area contributed by atoms with Crippen LogP contribution in [0.25, 0.3) is 0 Å². The molecular formula is C13H15N3O2S. The lowest BCUT2D eigenvalue weighted by Crippen LogP contribution is -2.14. The minimum Gasteiger partial charge on any atom is -0.392 e. The molecule has 2 aromatic rings. The summed E-state index contributed by atoms with van der Waals surface area (Å²) in [5.74, 6) is 0.0174. The highest BCUT2D eigenvalue weighted by Gasteiger charge is 2.14. The van der Waals surface area contributed by atoms with Crippen LogP contribution < -0.4 is 5.32 Å². The van der Waals surface area contributed by atoms with Gasteiger partial charge in [0.2, 0.25) is 0 Å². The van der Waals surface area contributed by atoms with E-state index in [2.05, 4.69) is 15.3 Å². The number of hydrogen-bond donors (Lipinski definition) is 2. The second kappa shape index (κ2) is 5.90. The first-order valence-corrected chi connectivity index (χ1v) is 6.80. The van der Waals surface area contributed by atoms with E-state index >= 15 is 0 Å². The van der Waals surface area contributed by atoms with E-state index in [1.165, 1.54) is 17.5 Å². The van der Waals surface area contributed by atoms with Gasteiger partial charge in [-0.15, -0.1) is 11.3 Å². The molecule has 2 rings (SSSR count). The van der Waals surface area contributed by atoms with E-state index in [1.54, 1.807) is 17.6 Å². The average Bonchev–Trinajstić information content (AvgIpc) is 2.89. The summed E-state index contributed by atoms with van der Waals surface area (Å²) in [4.78, 5) is 20.3. The van der Waals surface area contributed by atoms with Crippen molar-refractivity contribution in [2.24, 2.45) is 0 Å². The Balaban J connectivity index is 2.16. The number of rotatable bonds is 4. The van der Waals surface area contributed by atoms with Crippen LogP contribution in [0.5, 0.6) is 0 Å². The maximum absolute atomic E-state index is 12.0. The lowest BCUT2D eigenvalue weighted by atomic mass is 10.2. The van der Waals surface area contributed by atoms with E-state index in [9.17, 15) is 9.90 Å². The zero-order valence-corrected chi connectivity index (χ0v) is 11.6. The maximum atomic E-state index is 12.0. The van der Waals surface area contributed by atoms with E-state index < -0.39 is 0 Å². The molecule has 0 spiro atoms. The number of carbonyl (C=O) groups excluding carboxylic acids is 1. The van der Waals surface area contributed by atoms with E-state index in [0.29, 0.717) is 22.9 Å². The summed E-state index contributed by atoms with van der Waals surface area (Å²) in [6, 6.07) is 1.66. The largest absolute Gasteiger partial charge is 0.392 e. The number of amides is 1. The third kappa shape index (κ3) is 3.15. The van der Waals surface area contributed by atoms with Crippen LogP contribution >= 0.6 is 11.3 Å². The van der Waals surface area contributed by atoms with Gasteiger partial charge in [0.15, 0.2) is 0 Å². The van der Waals surface area contributed by atoms with Crippen LogP contribution in [-0.2, 0) is 6.61 Å². The molecule has 0 fully saturated rings. The Morgan fingerprint density at radius 1 is 1.53 bits per heavy atom. The van der Waals surface area contributed by atoms with Crippen LogP contribution in [0.4, 0.5) is 5.69 Å². The number of carbonyl (C=O) groups is 1. The number of aliphatic hydroxyl groups is 1. The van der Waals surface area contributed by atoms with Gasteiger partial charge in [-0.25, -0.2) is 4.98 Å². The summed E-state index contributed by atoms with van der Waals surface area (Å²) >= 11 is 1.47. The number of anilines is 1. The van der Waals surface area contributed by atoms with Gasteiger partial charge >= 0.3 is 0 Å². The van der Waals surface area contributed by atoms with Crippen LogP contribution in [0.1, 0.15) is 40.8 Å².